The number of pyridine rings is 1. The molecule has 0 N–H and O–H groups in total. The third kappa shape index (κ3) is 5.85. The van der Waals surface area contributed by atoms with Crippen molar-refractivity contribution in [2.24, 2.45) is 0 Å². The van der Waals surface area contributed by atoms with Gasteiger partial charge in [0.25, 0.3) is 0 Å². The Morgan fingerprint density at radius 2 is 1.85 bits per heavy atom. The van der Waals surface area contributed by atoms with Crippen LogP contribution in [0.1, 0.15) is 71.8 Å². The molecule has 0 aliphatic carbocycles. The van der Waals surface area contributed by atoms with Gasteiger partial charge < -0.3 is 28.6 Å². The van der Waals surface area contributed by atoms with Crippen LogP contribution in [-0.4, -0.2) is 107 Å². The molecular formula is C41H49FN6O6. The number of amides is 1. The molecule has 12 nitrogen and oxygen atoms in total. The van der Waals surface area contributed by atoms with E-state index in [1.165, 1.54) is 0 Å². The van der Waals surface area contributed by atoms with Gasteiger partial charge in [0.2, 0.25) is 5.88 Å². The first-order chi connectivity index (χ1) is 26.1. The van der Waals surface area contributed by atoms with Crippen molar-refractivity contribution >= 4 is 33.6 Å². The van der Waals surface area contributed by atoms with Gasteiger partial charge in [-0.05, 0) is 107 Å². The highest BCUT2D eigenvalue weighted by atomic mass is 19.1. The van der Waals surface area contributed by atoms with Crippen LogP contribution in [0.3, 0.4) is 0 Å². The zero-order chi connectivity index (χ0) is 37.4. The maximum absolute atomic E-state index is 17.6. The average molecular weight is 741 g/mol. The quantitative estimate of drug-likeness (QED) is 0.176. The van der Waals surface area contributed by atoms with E-state index in [-0.39, 0.29) is 66.3 Å². The Morgan fingerprint density at radius 1 is 1.04 bits per heavy atom. The van der Waals surface area contributed by atoms with E-state index in [0.29, 0.717) is 35.7 Å². The molecule has 4 saturated heterocycles. The molecule has 4 fully saturated rings. The Bertz CT molecular complexity index is 2110. The van der Waals surface area contributed by atoms with Crippen LogP contribution in [0, 0.1) is 5.82 Å². The SMILES string of the molecule is CCc1cccc2cc(OCOC)cc(-c3nc4c5c(nc(OCC67CCCN6CCC7)nc5c3F)N3C[C@@H]5CC[C@H]([C@H]3CO4)N5C(=O)OC(C)(C)C)c12. The van der Waals surface area contributed by atoms with Crippen molar-refractivity contribution in [1.29, 1.82) is 0 Å². The number of piperazine rings is 1. The monoisotopic (exact) mass is 740 g/mol. The lowest BCUT2D eigenvalue weighted by Crippen LogP contribution is -2.63. The Balaban J connectivity index is 1.20. The topological polar surface area (TPSA) is 112 Å². The van der Waals surface area contributed by atoms with Gasteiger partial charge in [-0.15, -0.1) is 0 Å². The fourth-order valence-electron chi connectivity index (χ4n) is 9.74. The van der Waals surface area contributed by atoms with Crippen LogP contribution in [0.25, 0.3) is 32.9 Å². The van der Waals surface area contributed by atoms with Crippen LogP contribution in [0.15, 0.2) is 30.3 Å². The lowest BCUT2D eigenvalue weighted by Gasteiger charge is -2.46. The number of benzene rings is 2. The Labute approximate surface area is 314 Å². The molecule has 0 spiro atoms. The normalized spacial score (nSPS) is 23.0. The van der Waals surface area contributed by atoms with Gasteiger partial charge in [-0.2, -0.15) is 9.97 Å². The van der Waals surface area contributed by atoms with E-state index < -0.39 is 11.4 Å². The van der Waals surface area contributed by atoms with E-state index >= 15 is 4.39 Å². The summed E-state index contributed by atoms with van der Waals surface area (Å²) in [5.74, 6) is 0.714. The summed E-state index contributed by atoms with van der Waals surface area (Å²) in [6.07, 6.45) is 6.38. The molecule has 13 heteroatoms. The number of aryl methyl sites for hydroxylation is 1. The molecule has 2 aromatic carbocycles. The number of hydrogen-bond acceptors (Lipinski definition) is 11. The highest BCUT2D eigenvalue weighted by Crippen LogP contribution is 2.47. The van der Waals surface area contributed by atoms with Crippen molar-refractivity contribution in [3.05, 3.63) is 41.7 Å². The molecule has 2 aromatic heterocycles. The molecule has 54 heavy (non-hydrogen) atoms. The van der Waals surface area contributed by atoms with Crippen molar-refractivity contribution in [3.8, 4) is 28.9 Å². The number of aromatic nitrogens is 3. The van der Waals surface area contributed by atoms with Gasteiger partial charge in [-0.3, -0.25) is 9.80 Å². The summed E-state index contributed by atoms with van der Waals surface area (Å²) in [5.41, 5.74) is 1.13. The molecule has 7 heterocycles. The molecule has 2 bridgehead atoms. The number of hydrogen-bond donors (Lipinski definition) is 0. The summed E-state index contributed by atoms with van der Waals surface area (Å²) in [6.45, 7) is 11.0. The van der Waals surface area contributed by atoms with Gasteiger partial charge in [0.1, 0.15) is 47.0 Å². The maximum Gasteiger partial charge on any atom is 0.410 e. The molecule has 5 aliphatic rings. The third-order valence-corrected chi connectivity index (χ3v) is 12.1. The van der Waals surface area contributed by atoms with Crippen molar-refractivity contribution in [1.82, 2.24) is 24.8 Å². The second-order valence-corrected chi connectivity index (χ2v) is 16.4. The van der Waals surface area contributed by atoms with Crippen molar-refractivity contribution in [2.45, 2.75) is 102 Å². The number of anilines is 1. The third-order valence-electron chi connectivity index (χ3n) is 12.1. The number of carbonyl (C=O) groups excluding carboxylic acids is 1. The number of methoxy groups -OCH3 is 1. The molecule has 4 aromatic rings. The van der Waals surface area contributed by atoms with E-state index in [1.807, 2.05) is 49.9 Å². The molecule has 1 amide bonds. The summed E-state index contributed by atoms with van der Waals surface area (Å²) in [7, 11) is 1.56. The fraction of sp³-hybridized carbons (Fsp3) is 0.561. The highest BCUT2D eigenvalue weighted by Gasteiger charge is 2.52. The largest absolute Gasteiger partial charge is 0.475 e. The second kappa shape index (κ2) is 13.4. The minimum absolute atomic E-state index is 0.0380. The highest BCUT2D eigenvalue weighted by molar-refractivity contribution is 6.03. The standard InChI is InChI=1S/C41H49FN6O6/c1-6-24-10-7-11-25-18-27(53-23-50-5)19-28(31(24)25)34-33(42)35-32-36(45-38(44-35)52-22-41-14-8-16-46(41)17-9-15-41)47-20-26-12-13-29(30(47)21-51-37(32)43-34)48(26)39(49)54-40(2,3)4/h7,10-11,18-19,26,29-30H,6,8-9,12-17,20-23H2,1-5H3/t26-,29+,30+/m0/s1. The minimum atomic E-state index is -0.631. The van der Waals surface area contributed by atoms with Gasteiger partial charge in [0.05, 0.1) is 23.7 Å². The summed E-state index contributed by atoms with van der Waals surface area (Å²) >= 11 is 0. The summed E-state index contributed by atoms with van der Waals surface area (Å²) in [5, 5.41) is 2.18. The van der Waals surface area contributed by atoms with Crippen LogP contribution in [-0.2, 0) is 15.9 Å². The van der Waals surface area contributed by atoms with Gasteiger partial charge >= 0.3 is 12.1 Å². The van der Waals surface area contributed by atoms with E-state index in [2.05, 4.69) is 22.8 Å². The number of carbonyl (C=O) groups is 1. The van der Waals surface area contributed by atoms with E-state index in [1.54, 1.807) is 7.11 Å². The fourth-order valence-corrected chi connectivity index (χ4v) is 9.74. The molecular weight excluding hydrogens is 691 g/mol. The van der Waals surface area contributed by atoms with Crippen LogP contribution in [0.5, 0.6) is 17.6 Å². The predicted molar refractivity (Wildman–Crippen MR) is 202 cm³/mol. The number of nitrogens with zero attached hydrogens (tertiary/aromatic N) is 6. The molecule has 9 rings (SSSR count). The smallest absolute Gasteiger partial charge is 0.410 e. The van der Waals surface area contributed by atoms with Crippen LogP contribution in [0.4, 0.5) is 15.0 Å². The summed E-state index contributed by atoms with van der Waals surface area (Å²) < 4.78 is 47.8. The minimum Gasteiger partial charge on any atom is -0.475 e. The number of halogens is 1. The first kappa shape index (κ1) is 35.2. The summed E-state index contributed by atoms with van der Waals surface area (Å²) in [4.78, 5) is 35.1. The van der Waals surface area contributed by atoms with Crippen LogP contribution < -0.4 is 19.1 Å². The number of fused-ring (bicyclic) bond motifs is 7. The average Bonchev–Trinajstić information content (AvgIpc) is 3.80. The van der Waals surface area contributed by atoms with Crippen molar-refractivity contribution in [2.75, 3.05) is 51.7 Å². The van der Waals surface area contributed by atoms with Gasteiger partial charge in [0.15, 0.2) is 12.6 Å². The van der Waals surface area contributed by atoms with Crippen molar-refractivity contribution < 1.29 is 32.9 Å². The zero-order valence-corrected chi connectivity index (χ0v) is 31.8. The second-order valence-electron chi connectivity index (χ2n) is 16.4. The Hall–Kier alpha value is -4.49. The van der Waals surface area contributed by atoms with Gasteiger partial charge in [-0.1, -0.05) is 25.1 Å². The Kier molecular flexibility index (Phi) is 8.72. The molecule has 0 unspecified atom stereocenters. The van der Waals surface area contributed by atoms with E-state index in [4.69, 9.17) is 38.6 Å². The van der Waals surface area contributed by atoms with Crippen LogP contribution >= 0.6 is 0 Å². The van der Waals surface area contributed by atoms with Gasteiger partial charge in [-0.25, -0.2) is 14.2 Å². The summed E-state index contributed by atoms with van der Waals surface area (Å²) in [6, 6.07) is 9.35. The Morgan fingerprint density at radius 3 is 2.61 bits per heavy atom. The predicted octanol–water partition coefficient (Wildman–Crippen LogP) is 6.89. The molecule has 0 saturated carbocycles. The lowest BCUT2D eigenvalue weighted by atomic mass is 9.95. The number of ether oxygens (including phenoxy) is 5. The van der Waals surface area contributed by atoms with E-state index in [9.17, 15) is 4.79 Å². The van der Waals surface area contributed by atoms with Crippen molar-refractivity contribution in [3.63, 3.8) is 0 Å². The lowest BCUT2D eigenvalue weighted by molar-refractivity contribution is 0.00537. The number of rotatable bonds is 8. The molecule has 3 atom stereocenters. The van der Waals surface area contributed by atoms with E-state index in [0.717, 1.165) is 74.4 Å². The molecule has 5 aliphatic heterocycles. The first-order valence-corrected chi connectivity index (χ1v) is 19.4. The van der Waals surface area contributed by atoms with Crippen LogP contribution in [0.2, 0.25) is 0 Å². The van der Waals surface area contributed by atoms with Gasteiger partial charge in [0, 0.05) is 19.2 Å². The molecule has 286 valence electrons. The zero-order valence-electron chi connectivity index (χ0n) is 31.8. The maximum atomic E-state index is 17.6. The first-order valence-electron chi connectivity index (χ1n) is 19.4. The molecule has 0 radical (unpaired) electrons.